The smallest absolute Gasteiger partial charge is 0.364 e. The van der Waals surface area contributed by atoms with Crippen molar-refractivity contribution in [3.05, 3.63) is 11.2 Å². The van der Waals surface area contributed by atoms with Crippen LogP contribution in [-0.4, -0.2) is 10.8 Å². The topological polar surface area (TPSA) is 23.1 Å². The van der Waals surface area contributed by atoms with Crippen LogP contribution < -0.4 is 0 Å². The second kappa shape index (κ2) is 2.99. The second-order valence-corrected chi connectivity index (χ2v) is 2.25. The monoisotopic (exact) mass is 144 g/mol. The molecule has 1 nitrogen and oxygen atoms in total. The molecule has 0 aliphatic heterocycles. The van der Waals surface area contributed by atoms with Gasteiger partial charge >= 0.3 is 11.2 Å². The summed E-state index contributed by atoms with van der Waals surface area (Å²) in [4.78, 5) is 0. The first-order valence-electron chi connectivity index (χ1n) is 1.60. The summed E-state index contributed by atoms with van der Waals surface area (Å²) >= 11 is -2.18. The molecule has 1 unspecified atom stereocenters. The summed E-state index contributed by atoms with van der Waals surface area (Å²) < 4.78 is 43.2. The summed E-state index contributed by atoms with van der Waals surface area (Å²) in [5, 5.41) is -1.84. The summed E-state index contributed by atoms with van der Waals surface area (Å²) in [6.07, 6.45) is -1.67. The van der Waals surface area contributed by atoms with E-state index in [2.05, 4.69) is 0 Å². The molecule has 0 spiro atoms. The highest BCUT2D eigenvalue weighted by molar-refractivity contribution is 7.94. The largest absolute Gasteiger partial charge is 0.610 e. The quantitative estimate of drug-likeness (QED) is 0.510. The first kappa shape index (κ1) is 7.84. The molecule has 0 aromatic rings. The molecule has 48 valence electrons. The maximum Gasteiger partial charge on any atom is 0.364 e. The van der Waals surface area contributed by atoms with Crippen LogP contribution >= 0.6 is 0 Å². The van der Waals surface area contributed by atoms with Gasteiger partial charge in [-0.05, 0) is 0 Å². The molecule has 0 rings (SSSR count). The highest BCUT2D eigenvalue weighted by Crippen LogP contribution is 2.13. The molecule has 0 fully saturated rings. The summed E-state index contributed by atoms with van der Waals surface area (Å²) in [5.41, 5.74) is 0. The summed E-state index contributed by atoms with van der Waals surface area (Å²) in [5.74, 6) is 0. The van der Waals surface area contributed by atoms with E-state index < -0.39 is 22.4 Å². The molecule has 0 amide bonds. The Kier molecular flexibility index (Phi) is 2.93. The van der Waals surface area contributed by atoms with Crippen molar-refractivity contribution in [2.45, 2.75) is 0 Å². The van der Waals surface area contributed by atoms with Crippen molar-refractivity contribution in [2.24, 2.45) is 0 Å². The van der Waals surface area contributed by atoms with E-state index in [4.69, 9.17) is 0 Å². The average Bonchev–Trinajstić information content (AvgIpc) is 1.64. The van der Waals surface area contributed by atoms with Crippen molar-refractivity contribution in [1.29, 1.82) is 0 Å². The van der Waals surface area contributed by atoms with Gasteiger partial charge in [-0.15, -0.1) is 4.39 Å². The van der Waals surface area contributed by atoms with Crippen LogP contribution in [0.5, 0.6) is 0 Å². The number of hydrogen-bond acceptors (Lipinski definition) is 1. The van der Waals surface area contributed by atoms with Crippen molar-refractivity contribution in [2.75, 3.05) is 6.26 Å². The molecule has 0 aromatic carbocycles. The normalized spacial score (nSPS) is 13.1. The van der Waals surface area contributed by atoms with Crippen LogP contribution in [0.4, 0.5) is 13.2 Å². The third-order valence-electron chi connectivity index (χ3n) is 0.401. The zero-order valence-electron chi connectivity index (χ0n) is 3.95. The Bertz CT molecular complexity index is 107. The van der Waals surface area contributed by atoms with Crippen molar-refractivity contribution in [3.8, 4) is 0 Å². The Morgan fingerprint density at radius 3 is 1.75 bits per heavy atom. The maximum absolute atomic E-state index is 11.5. The van der Waals surface area contributed by atoms with Crippen molar-refractivity contribution >= 4 is 11.2 Å². The van der Waals surface area contributed by atoms with Crippen LogP contribution in [0.25, 0.3) is 0 Å². The number of halogens is 3. The van der Waals surface area contributed by atoms with E-state index in [9.17, 15) is 17.7 Å². The molecule has 8 heavy (non-hydrogen) atoms. The highest BCUT2D eigenvalue weighted by Gasteiger charge is 2.14. The number of hydrogen-bond donors (Lipinski definition) is 0. The minimum Gasteiger partial charge on any atom is -0.610 e. The number of rotatable bonds is 1. The molecule has 0 aliphatic carbocycles. The standard InChI is InChI=1S/C3H3F3OS/c1-8(7)3(6)2(4)5/h1H3. The van der Waals surface area contributed by atoms with Gasteiger partial charge in [0.1, 0.15) is 6.26 Å². The Labute approximate surface area is 47.4 Å². The van der Waals surface area contributed by atoms with Crippen LogP contribution in [0.2, 0.25) is 0 Å². The molecule has 0 bridgehead atoms. The lowest BCUT2D eigenvalue weighted by Crippen LogP contribution is -1.96. The molecule has 0 saturated heterocycles. The molecule has 0 aliphatic rings. The summed E-state index contributed by atoms with van der Waals surface area (Å²) in [7, 11) is 0. The van der Waals surface area contributed by atoms with Gasteiger partial charge in [0.2, 0.25) is 0 Å². The van der Waals surface area contributed by atoms with Crippen LogP contribution in [0.15, 0.2) is 11.2 Å². The van der Waals surface area contributed by atoms with E-state index in [1.807, 2.05) is 0 Å². The second-order valence-electron chi connectivity index (χ2n) is 0.988. The fraction of sp³-hybridized carbons (Fsp3) is 0.333. The Hall–Kier alpha value is -0.160. The minimum absolute atomic E-state index is 0.842. The van der Waals surface area contributed by atoms with Gasteiger partial charge < -0.3 is 4.55 Å². The fourth-order valence-electron chi connectivity index (χ4n) is 0.109. The Morgan fingerprint density at radius 2 is 1.75 bits per heavy atom. The van der Waals surface area contributed by atoms with Crippen molar-refractivity contribution in [1.82, 2.24) is 0 Å². The minimum atomic E-state index is -2.51. The maximum atomic E-state index is 11.5. The first-order valence-corrected chi connectivity index (χ1v) is 3.15. The predicted octanol–water partition coefficient (Wildman–Crippen LogP) is 1.40. The molecule has 0 N–H and O–H groups in total. The van der Waals surface area contributed by atoms with Gasteiger partial charge in [0, 0.05) is 11.2 Å². The van der Waals surface area contributed by atoms with E-state index >= 15 is 0 Å². The van der Waals surface area contributed by atoms with E-state index in [0.29, 0.717) is 0 Å². The molecule has 0 aromatic heterocycles. The molecular formula is C3H3F3OS. The van der Waals surface area contributed by atoms with Gasteiger partial charge in [-0.2, -0.15) is 8.78 Å². The molecule has 5 heteroatoms. The van der Waals surface area contributed by atoms with E-state index in [1.165, 1.54) is 0 Å². The van der Waals surface area contributed by atoms with Gasteiger partial charge in [-0.3, -0.25) is 0 Å². The van der Waals surface area contributed by atoms with E-state index in [-0.39, 0.29) is 0 Å². The lowest BCUT2D eigenvalue weighted by molar-refractivity contribution is 0.391. The Morgan fingerprint density at radius 1 is 1.38 bits per heavy atom. The van der Waals surface area contributed by atoms with Crippen molar-refractivity contribution in [3.63, 3.8) is 0 Å². The van der Waals surface area contributed by atoms with Crippen LogP contribution in [0, 0.1) is 0 Å². The van der Waals surface area contributed by atoms with Crippen LogP contribution in [-0.2, 0) is 11.2 Å². The molecular weight excluding hydrogens is 141 g/mol. The lowest BCUT2D eigenvalue weighted by atomic mass is 11.1. The zero-order valence-corrected chi connectivity index (χ0v) is 4.77. The SMILES string of the molecule is C[S+]([O-])C(F)=C(F)F. The van der Waals surface area contributed by atoms with E-state index in [0.717, 1.165) is 6.26 Å². The third kappa shape index (κ3) is 2.23. The molecule has 1 atom stereocenters. The Balaban J connectivity index is 4.00. The van der Waals surface area contributed by atoms with E-state index in [1.54, 1.807) is 0 Å². The molecule has 0 radical (unpaired) electrons. The fourth-order valence-corrected chi connectivity index (χ4v) is 0.326. The van der Waals surface area contributed by atoms with Gasteiger partial charge in [0.05, 0.1) is 0 Å². The van der Waals surface area contributed by atoms with Gasteiger partial charge in [-0.1, -0.05) is 0 Å². The molecule has 0 heterocycles. The third-order valence-corrected chi connectivity index (χ3v) is 1.06. The zero-order chi connectivity index (χ0) is 6.73. The van der Waals surface area contributed by atoms with Gasteiger partial charge in [-0.25, -0.2) is 0 Å². The predicted molar refractivity (Wildman–Crippen MR) is 24.4 cm³/mol. The van der Waals surface area contributed by atoms with Crippen LogP contribution in [0.3, 0.4) is 0 Å². The van der Waals surface area contributed by atoms with Gasteiger partial charge in [0.25, 0.3) is 0 Å². The summed E-state index contributed by atoms with van der Waals surface area (Å²) in [6.45, 7) is 0. The highest BCUT2D eigenvalue weighted by atomic mass is 32.2. The van der Waals surface area contributed by atoms with Crippen LogP contribution in [0.1, 0.15) is 0 Å². The summed E-state index contributed by atoms with van der Waals surface area (Å²) in [6, 6.07) is 0. The van der Waals surface area contributed by atoms with Crippen molar-refractivity contribution < 1.29 is 17.7 Å². The van der Waals surface area contributed by atoms with Gasteiger partial charge in [0.15, 0.2) is 0 Å². The lowest BCUT2D eigenvalue weighted by Gasteiger charge is -1.95. The first-order chi connectivity index (χ1) is 3.55. The molecule has 0 saturated carbocycles. The average molecular weight is 144 g/mol.